The van der Waals surface area contributed by atoms with Gasteiger partial charge in [-0.3, -0.25) is 9.59 Å². The number of carboxylic acids is 1. The van der Waals surface area contributed by atoms with E-state index in [9.17, 15) is 9.59 Å². The maximum absolute atomic E-state index is 12.1. The molecule has 1 saturated carbocycles. The molecule has 3 unspecified atom stereocenters. The molecule has 0 aromatic rings. The molecule has 0 spiro atoms. The molecule has 18 heavy (non-hydrogen) atoms. The fraction of sp³-hybridized carbons (Fsp3) is 0.857. The summed E-state index contributed by atoms with van der Waals surface area (Å²) in [4.78, 5) is 25.0. The fourth-order valence-corrected chi connectivity index (χ4v) is 3.33. The first-order chi connectivity index (χ1) is 8.59. The number of hydrogen-bond donors (Lipinski definition) is 1. The van der Waals surface area contributed by atoms with E-state index in [1.165, 1.54) is 12.8 Å². The summed E-state index contributed by atoms with van der Waals surface area (Å²) >= 11 is 0. The van der Waals surface area contributed by atoms with Crippen LogP contribution in [0.15, 0.2) is 0 Å². The molecule has 1 N–H and O–H groups in total. The lowest BCUT2D eigenvalue weighted by Gasteiger charge is -2.39. The van der Waals surface area contributed by atoms with Crippen molar-refractivity contribution in [2.24, 2.45) is 11.8 Å². The van der Waals surface area contributed by atoms with Crippen LogP contribution in [-0.2, 0) is 9.59 Å². The monoisotopic (exact) mass is 253 g/mol. The summed E-state index contributed by atoms with van der Waals surface area (Å²) in [5, 5.41) is 9.12. The van der Waals surface area contributed by atoms with Crippen molar-refractivity contribution in [1.82, 2.24) is 4.90 Å². The summed E-state index contributed by atoms with van der Waals surface area (Å²) in [7, 11) is 0. The second-order valence-corrected chi connectivity index (χ2v) is 5.80. The average molecular weight is 253 g/mol. The highest BCUT2D eigenvalue weighted by Gasteiger charge is 2.36. The van der Waals surface area contributed by atoms with E-state index in [1.807, 2.05) is 4.90 Å². The van der Waals surface area contributed by atoms with Gasteiger partial charge in [-0.05, 0) is 25.2 Å². The smallest absolute Gasteiger partial charge is 0.308 e. The van der Waals surface area contributed by atoms with Gasteiger partial charge >= 0.3 is 5.97 Å². The molecule has 2 fully saturated rings. The SMILES string of the molecule is CC1CCCCCC1N1CC(C(=O)O)CCC1=O. The normalized spacial score (nSPS) is 34.2. The van der Waals surface area contributed by atoms with Crippen LogP contribution in [0.1, 0.15) is 51.9 Å². The lowest BCUT2D eigenvalue weighted by molar-refractivity contribution is -0.149. The molecule has 102 valence electrons. The van der Waals surface area contributed by atoms with Crippen molar-refractivity contribution in [3.63, 3.8) is 0 Å². The fourth-order valence-electron chi connectivity index (χ4n) is 3.33. The standard InChI is InChI=1S/C14H23NO3/c1-10-5-3-2-4-6-12(10)15-9-11(14(17)18)7-8-13(15)16/h10-12H,2-9H2,1H3,(H,17,18). The van der Waals surface area contributed by atoms with Crippen molar-refractivity contribution in [3.8, 4) is 0 Å². The first-order valence-electron chi connectivity index (χ1n) is 7.12. The predicted octanol–water partition coefficient (Wildman–Crippen LogP) is 2.28. The molecule has 1 amide bonds. The van der Waals surface area contributed by atoms with Crippen molar-refractivity contribution in [2.75, 3.05) is 6.54 Å². The van der Waals surface area contributed by atoms with Crippen molar-refractivity contribution < 1.29 is 14.7 Å². The van der Waals surface area contributed by atoms with Crippen LogP contribution in [0.3, 0.4) is 0 Å². The number of amides is 1. The summed E-state index contributed by atoms with van der Waals surface area (Å²) in [5.74, 6) is -0.456. The van der Waals surface area contributed by atoms with Crippen LogP contribution in [0, 0.1) is 11.8 Å². The highest BCUT2D eigenvalue weighted by molar-refractivity contribution is 5.80. The van der Waals surface area contributed by atoms with E-state index < -0.39 is 5.97 Å². The molecule has 2 rings (SSSR count). The van der Waals surface area contributed by atoms with Crippen molar-refractivity contribution >= 4 is 11.9 Å². The Kier molecular flexibility index (Phi) is 4.25. The topological polar surface area (TPSA) is 57.6 Å². The molecule has 4 heteroatoms. The third-order valence-electron chi connectivity index (χ3n) is 4.51. The quantitative estimate of drug-likeness (QED) is 0.768. The summed E-state index contributed by atoms with van der Waals surface area (Å²) in [6.45, 7) is 2.62. The van der Waals surface area contributed by atoms with E-state index in [2.05, 4.69) is 6.92 Å². The Hall–Kier alpha value is -1.06. The summed E-state index contributed by atoms with van der Waals surface area (Å²) < 4.78 is 0. The Labute approximate surface area is 108 Å². The van der Waals surface area contributed by atoms with Crippen LogP contribution < -0.4 is 0 Å². The van der Waals surface area contributed by atoms with E-state index in [0.29, 0.717) is 25.3 Å². The summed E-state index contributed by atoms with van der Waals surface area (Å²) in [5.41, 5.74) is 0. The average Bonchev–Trinajstić information content (AvgIpc) is 2.54. The van der Waals surface area contributed by atoms with Gasteiger partial charge in [0.05, 0.1) is 5.92 Å². The van der Waals surface area contributed by atoms with Crippen molar-refractivity contribution in [3.05, 3.63) is 0 Å². The molecule has 1 saturated heterocycles. The highest BCUT2D eigenvalue weighted by atomic mass is 16.4. The van der Waals surface area contributed by atoms with Crippen LogP contribution >= 0.6 is 0 Å². The number of aliphatic carboxylic acids is 1. The Morgan fingerprint density at radius 1 is 1.22 bits per heavy atom. The summed E-state index contributed by atoms with van der Waals surface area (Å²) in [6.07, 6.45) is 6.75. The number of hydrogen-bond acceptors (Lipinski definition) is 2. The first-order valence-corrected chi connectivity index (χ1v) is 7.12. The Morgan fingerprint density at radius 2 is 1.94 bits per heavy atom. The lowest BCUT2D eigenvalue weighted by atomic mass is 9.90. The Balaban J connectivity index is 2.08. The van der Waals surface area contributed by atoms with Gasteiger partial charge in [-0.15, -0.1) is 0 Å². The Bertz CT molecular complexity index is 329. The molecule has 3 atom stereocenters. The zero-order chi connectivity index (χ0) is 13.1. The van der Waals surface area contributed by atoms with E-state index >= 15 is 0 Å². The third-order valence-corrected chi connectivity index (χ3v) is 4.51. The Morgan fingerprint density at radius 3 is 2.67 bits per heavy atom. The zero-order valence-corrected chi connectivity index (χ0v) is 11.1. The van der Waals surface area contributed by atoms with Crippen LogP contribution in [0.25, 0.3) is 0 Å². The van der Waals surface area contributed by atoms with E-state index in [1.54, 1.807) is 0 Å². The number of rotatable bonds is 2. The van der Waals surface area contributed by atoms with Crippen molar-refractivity contribution in [2.45, 2.75) is 57.9 Å². The number of likely N-dealkylation sites (tertiary alicyclic amines) is 1. The third kappa shape index (κ3) is 2.85. The molecule has 0 radical (unpaired) electrons. The molecule has 4 nitrogen and oxygen atoms in total. The molecule has 1 aliphatic heterocycles. The van der Waals surface area contributed by atoms with Gasteiger partial charge in [0.25, 0.3) is 0 Å². The van der Waals surface area contributed by atoms with Gasteiger partial charge in [-0.1, -0.05) is 26.2 Å². The molecule has 0 bridgehead atoms. The van der Waals surface area contributed by atoms with Gasteiger partial charge in [-0.25, -0.2) is 0 Å². The van der Waals surface area contributed by atoms with Crippen LogP contribution in [-0.4, -0.2) is 34.5 Å². The van der Waals surface area contributed by atoms with Gasteiger partial charge in [0, 0.05) is 19.0 Å². The van der Waals surface area contributed by atoms with Gasteiger partial charge in [-0.2, -0.15) is 0 Å². The second-order valence-electron chi connectivity index (χ2n) is 5.80. The molecular formula is C14H23NO3. The maximum atomic E-state index is 12.1. The minimum absolute atomic E-state index is 0.159. The minimum atomic E-state index is -0.756. The second kappa shape index (κ2) is 5.72. The van der Waals surface area contributed by atoms with E-state index in [4.69, 9.17) is 5.11 Å². The maximum Gasteiger partial charge on any atom is 0.308 e. The van der Waals surface area contributed by atoms with Gasteiger partial charge in [0.2, 0.25) is 5.91 Å². The largest absolute Gasteiger partial charge is 0.481 e. The molecule has 0 aromatic heterocycles. The van der Waals surface area contributed by atoms with Crippen molar-refractivity contribution in [1.29, 1.82) is 0 Å². The number of nitrogens with zero attached hydrogens (tertiary/aromatic N) is 1. The van der Waals surface area contributed by atoms with E-state index in [-0.39, 0.29) is 17.9 Å². The number of carboxylic acid groups (broad SMARTS) is 1. The van der Waals surface area contributed by atoms with Crippen LogP contribution in [0.4, 0.5) is 0 Å². The molecular weight excluding hydrogens is 230 g/mol. The first kappa shape index (κ1) is 13.4. The molecule has 0 aromatic carbocycles. The molecule has 1 aliphatic carbocycles. The van der Waals surface area contributed by atoms with Gasteiger partial charge in [0.15, 0.2) is 0 Å². The van der Waals surface area contributed by atoms with E-state index in [0.717, 1.165) is 19.3 Å². The minimum Gasteiger partial charge on any atom is -0.481 e. The highest BCUT2D eigenvalue weighted by Crippen LogP contribution is 2.30. The number of carbonyl (C=O) groups is 2. The molecule has 1 heterocycles. The van der Waals surface area contributed by atoms with Gasteiger partial charge < -0.3 is 10.0 Å². The number of piperidine rings is 1. The summed E-state index contributed by atoms with van der Waals surface area (Å²) in [6, 6.07) is 0.266. The lowest BCUT2D eigenvalue weighted by Crippen LogP contribution is -2.50. The zero-order valence-electron chi connectivity index (χ0n) is 11.1. The predicted molar refractivity (Wildman–Crippen MR) is 68.1 cm³/mol. The number of carbonyl (C=O) groups excluding carboxylic acids is 1. The molecule has 2 aliphatic rings. The van der Waals surface area contributed by atoms with Gasteiger partial charge in [0.1, 0.15) is 0 Å². The van der Waals surface area contributed by atoms with Crippen LogP contribution in [0.2, 0.25) is 0 Å². The van der Waals surface area contributed by atoms with Crippen LogP contribution in [0.5, 0.6) is 0 Å².